The van der Waals surface area contributed by atoms with E-state index in [9.17, 15) is 0 Å². The SMILES string of the molecule is Cc1ccc(Cl)c(OCc2cccnc2NN)c1. The summed E-state index contributed by atoms with van der Waals surface area (Å²) in [7, 11) is 0. The molecule has 0 saturated carbocycles. The predicted octanol–water partition coefficient (Wildman–Crippen LogP) is 2.91. The average Bonchev–Trinajstić information content (AvgIpc) is 2.40. The second-order valence-corrected chi connectivity index (χ2v) is 4.29. The van der Waals surface area contributed by atoms with Gasteiger partial charge < -0.3 is 10.2 Å². The third kappa shape index (κ3) is 2.91. The highest BCUT2D eigenvalue weighted by molar-refractivity contribution is 6.32. The first-order valence-corrected chi connectivity index (χ1v) is 5.88. The van der Waals surface area contributed by atoms with Crippen LogP contribution in [0.3, 0.4) is 0 Å². The molecule has 1 heterocycles. The van der Waals surface area contributed by atoms with E-state index >= 15 is 0 Å². The molecule has 0 amide bonds. The normalized spacial score (nSPS) is 10.2. The molecule has 0 unspecified atom stereocenters. The number of hydrazine groups is 1. The van der Waals surface area contributed by atoms with Gasteiger partial charge in [0.25, 0.3) is 0 Å². The van der Waals surface area contributed by atoms with Gasteiger partial charge in [-0.3, -0.25) is 0 Å². The van der Waals surface area contributed by atoms with Crippen molar-refractivity contribution in [2.24, 2.45) is 5.84 Å². The van der Waals surface area contributed by atoms with E-state index in [1.165, 1.54) is 0 Å². The van der Waals surface area contributed by atoms with Gasteiger partial charge >= 0.3 is 0 Å². The van der Waals surface area contributed by atoms with E-state index in [4.69, 9.17) is 22.2 Å². The van der Waals surface area contributed by atoms with Crippen molar-refractivity contribution in [2.45, 2.75) is 13.5 Å². The number of nitrogens with zero attached hydrogens (tertiary/aromatic N) is 1. The average molecular weight is 264 g/mol. The third-order valence-corrected chi connectivity index (χ3v) is 2.81. The van der Waals surface area contributed by atoms with Crippen molar-refractivity contribution in [1.82, 2.24) is 4.98 Å². The molecule has 0 saturated heterocycles. The van der Waals surface area contributed by atoms with Crippen LogP contribution in [0.2, 0.25) is 5.02 Å². The summed E-state index contributed by atoms with van der Waals surface area (Å²) in [5.74, 6) is 6.63. The van der Waals surface area contributed by atoms with Crippen molar-refractivity contribution in [2.75, 3.05) is 5.43 Å². The molecule has 0 aliphatic heterocycles. The second-order valence-electron chi connectivity index (χ2n) is 3.88. The topological polar surface area (TPSA) is 60.2 Å². The smallest absolute Gasteiger partial charge is 0.146 e. The van der Waals surface area contributed by atoms with Gasteiger partial charge in [0.1, 0.15) is 18.2 Å². The molecule has 18 heavy (non-hydrogen) atoms. The van der Waals surface area contributed by atoms with Crippen LogP contribution in [0.25, 0.3) is 0 Å². The summed E-state index contributed by atoms with van der Waals surface area (Å²) < 4.78 is 5.68. The summed E-state index contributed by atoms with van der Waals surface area (Å²) in [6.07, 6.45) is 1.67. The molecule has 4 nitrogen and oxygen atoms in total. The number of benzene rings is 1. The van der Waals surface area contributed by atoms with E-state index < -0.39 is 0 Å². The van der Waals surface area contributed by atoms with Crippen molar-refractivity contribution in [3.8, 4) is 5.75 Å². The minimum absolute atomic E-state index is 0.358. The lowest BCUT2D eigenvalue weighted by Crippen LogP contribution is -2.12. The molecule has 0 fully saturated rings. The number of hydrogen-bond donors (Lipinski definition) is 2. The van der Waals surface area contributed by atoms with Crippen molar-refractivity contribution >= 4 is 17.4 Å². The molecule has 1 aromatic heterocycles. The maximum atomic E-state index is 6.06. The van der Waals surface area contributed by atoms with Gasteiger partial charge in [0.05, 0.1) is 5.02 Å². The van der Waals surface area contributed by atoms with E-state index in [1.807, 2.05) is 37.3 Å². The molecule has 2 rings (SSSR count). The van der Waals surface area contributed by atoms with Crippen molar-refractivity contribution in [3.05, 3.63) is 52.7 Å². The lowest BCUT2D eigenvalue weighted by atomic mass is 10.2. The van der Waals surface area contributed by atoms with Crippen LogP contribution in [0.15, 0.2) is 36.5 Å². The zero-order valence-electron chi connectivity index (χ0n) is 9.98. The van der Waals surface area contributed by atoms with Gasteiger partial charge in [-0.2, -0.15) is 0 Å². The Morgan fingerprint density at radius 2 is 2.22 bits per heavy atom. The molecular formula is C13H14ClN3O. The third-order valence-electron chi connectivity index (χ3n) is 2.50. The zero-order valence-corrected chi connectivity index (χ0v) is 10.7. The number of aromatic nitrogens is 1. The van der Waals surface area contributed by atoms with Gasteiger partial charge in [-0.1, -0.05) is 23.7 Å². The van der Waals surface area contributed by atoms with E-state index in [2.05, 4.69) is 10.4 Å². The summed E-state index contributed by atoms with van der Waals surface area (Å²) in [4.78, 5) is 4.10. The molecule has 94 valence electrons. The Morgan fingerprint density at radius 1 is 1.39 bits per heavy atom. The van der Waals surface area contributed by atoms with Crippen LogP contribution < -0.4 is 16.0 Å². The van der Waals surface area contributed by atoms with Gasteiger partial charge in [-0.05, 0) is 30.7 Å². The molecule has 3 N–H and O–H groups in total. The summed E-state index contributed by atoms with van der Waals surface area (Å²) in [6.45, 7) is 2.34. The van der Waals surface area contributed by atoms with Gasteiger partial charge in [0, 0.05) is 11.8 Å². The van der Waals surface area contributed by atoms with Gasteiger partial charge in [-0.25, -0.2) is 10.8 Å². The highest BCUT2D eigenvalue weighted by Crippen LogP contribution is 2.26. The molecule has 0 atom stereocenters. The number of rotatable bonds is 4. The van der Waals surface area contributed by atoms with E-state index in [-0.39, 0.29) is 0 Å². The van der Waals surface area contributed by atoms with Crippen LogP contribution in [0.5, 0.6) is 5.75 Å². The number of anilines is 1. The number of nitrogens with one attached hydrogen (secondary N) is 1. The predicted molar refractivity (Wildman–Crippen MR) is 72.6 cm³/mol. The Morgan fingerprint density at radius 3 is 3.00 bits per heavy atom. The molecule has 0 spiro atoms. The number of hydrogen-bond acceptors (Lipinski definition) is 4. The lowest BCUT2D eigenvalue weighted by molar-refractivity contribution is 0.306. The van der Waals surface area contributed by atoms with Crippen LogP contribution in [0.1, 0.15) is 11.1 Å². The molecular weight excluding hydrogens is 250 g/mol. The Balaban J connectivity index is 2.14. The molecule has 1 aromatic carbocycles. The minimum Gasteiger partial charge on any atom is -0.487 e. The Kier molecular flexibility index (Phi) is 4.02. The zero-order chi connectivity index (χ0) is 13.0. The van der Waals surface area contributed by atoms with Crippen LogP contribution in [0, 0.1) is 6.92 Å². The molecule has 2 aromatic rings. The number of halogens is 1. The van der Waals surface area contributed by atoms with Crippen LogP contribution in [-0.2, 0) is 6.61 Å². The number of pyridine rings is 1. The Bertz CT molecular complexity index is 546. The fourth-order valence-electron chi connectivity index (χ4n) is 1.56. The molecule has 5 heteroatoms. The van der Waals surface area contributed by atoms with Gasteiger partial charge in [-0.15, -0.1) is 0 Å². The van der Waals surface area contributed by atoms with Crippen LogP contribution in [0.4, 0.5) is 5.82 Å². The van der Waals surface area contributed by atoms with Crippen LogP contribution in [-0.4, -0.2) is 4.98 Å². The lowest BCUT2D eigenvalue weighted by Gasteiger charge is -2.11. The minimum atomic E-state index is 0.358. The first kappa shape index (κ1) is 12.7. The standard InChI is InChI=1S/C13H14ClN3O/c1-9-4-5-11(14)12(7-9)18-8-10-3-2-6-16-13(10)17-15/h2-7H,8,15H2,1H3,(H,16,17). The quantitative estimate of drug-likeness (QED) is 0.658. The molecule has 0 aliphatic rings. The fourth-order valence-corrected chi connectivity index (χ4v) is 1.73. The highest BCUT2D eigenvalue weighted by Gasteiger charge is 2.05. The summed E-state index contributed by atoms with van der Waals surface area (Å²) in [6, 6.07) is 9.38. The number of ether oxygens (including phenoxy) is 1. The van der Waals surface area contributed by atoms with Crippen molar-refractivity contribution < 1.29 is 4.74 Å². The second kappa shape index (κ2) is 5.71. The maximum Gasteiger partial charge on any atom is 0.146 e. The van der Waals surface area contributed by atoms with Gasteiger partial charge in [0.15, 0.2) is 0 Å². The number of nitrogen functional groups attached to an aromatic ring is 1. The van der Waals surface area contributed by atoms with E-state index in [0.29, 0.717) is 23.2 Å². The Hall–Kier alpha value is -1.78. The summed E-state index contributed by atoms with van der Waals surface area (Å²) >= 11 is 6.06. The fraction of sp³-hybridized carbons (Fsp3) is 0.154. The maximum absolute atomic E-state index is 6.06. The Labute approximate surface area is 111 Å². The first-order valence-electron chi connectivity index (χ1n) is 5.50. The molecule has 0 aliphatic carbocycles. The number of aryl methyl sites for hydroxylation is 1. The largest absolute Gasteiger partial charge is 0.487 e. The van der Waals surface area contributed by atoms with Gasteiger partial charge in [0.2, 0.25) is 0 Å². The molecule has 0 radical (unpaired) electrons. The number of nitrogens with two attached hydrogens (primary N) is 1. The summed E-state index contributed by atoms with van der Waals surface area (Å²) in [5.41, 5.74) is 4.50. The van der Waals surface area contributed by atoms with E-state index in [1.54, 1.807) is 6.20 Å². The van der Waals surface area contributed by atoms with E-state index in [0.717, 1.165) is 11.1 Å². The molecule has 0 bridgehead atoms. The summed E-state index contributed by atoms with van der Waals surface area (Å²) in [5, 5.41) is 0.590. The van der Waals surface area contributed by atoms with Crippen molar-refractivity contribution in [3.63, 3.8) is 0 Å². The van der Waals surface area contributed by atoms with Crippen molar-refractivity contribution in [1.29, 1.82) is 0 Å². The monoisotopic (exact) mass is 263 g/mol. The van der Waals surface area contributed by atoms with Crippen LogP contribution >= 0.6 is 11.6 Å². The first-order chi connectivity index (χ1) is 8.70. The highest BCUT2D eigenvalue weighted by atomic mass is 35.5.